The van der Waals surface area contributed by atoms with Gasteiger partial charge in [-0.15, -0.1) is 0 Å². The van der Waals surface area contributed by atoms with E-state index in [1.807, 2.05) is 39.1 Å². The highest BCUT2D eigenvalue weighted by atomic mass is 35.5. The SMILES string of the molecule is Cc1nn(C)c(C)c1NC(=O)CN1CCCC1c1ccccc1Cl. The molecule has 1 aromatic carbocycles. The fraction of sp³-hybridized carbons (Fsp3) is 0.444. The van der Waals surface area contributed by atoms with E-state index < -0.39 is 0 Å². The van der Waals surface area contributed by atoms with E-state index in [1.54, 1.807) is 4.68 Å². The normalized spacial score (nSPS) is 18.1. The van der Waals surface area contributed by atoms with Crippen molar-refractivity contribution in [3.8, 4) is 0 Å². The number of carbonyl (C=O) groups is 1. The summed E-state index contributed by atoms with van der Waals surface area (Å²) in [6.07, 6.45) is 2.11. The van der Waals surface area contributed by atoms with Crippen molar-refractivity contribution >= 4 is 23.2 Å². The van der Waals surface area contributed by atoms with Crippen LogP contribution in [0.25, 0.3) is 0 Å². The van der Waals surface area contributed by atoms with E-state index in [9.17, 15) is 4.79 Å². The standard InChI is InChI=1S/C18H23ClN4O/c1-12-18(13(2)22(3)21-12)20-17(24)11-23-10-6-9-16(23)14-7-4-5-8-15(14)19/h4-5,7-8,16H,6,9-11H2,1-3H3,(H,20,24). The quantitative estimate of drug-likeness (QED) is 0.922. The van der Waals surface area contributed by atoms with Gasteiger partial charge in [0, 0.05) is 18.1 Å². The van der Waals surface area contributed by atoms with Crippen LogP contribution in [0.15, 0.2) is 24.3 Å². The Bertz CT molecular complexity index is 755. The summed E-state index contributed by atoms with van der Waals surface area (Å²) in [5.74, 6) is -0.00634. The molecular formula is C18H23ClN4O. The molecule has 5 nitrogen and oxygen atoms in total. The molecule has 2 heterocycles. The van der Waals surface area contributed by atoms with E-state index in [-0.39, 0.29) is 11.9 Å². The highest BCUT2D eigenvalue weighted by Crippen LogP contribution is 2.35. The van der Waals surface area contributed by atoms with Gasteiger partial charge in [0.2, 0.25) is 5.91 Å². The van der Waals surface area contributed by atoms with Gasteiger partial charge in [-0.1, -0.05) is 29.8 Å². The van der Waals surface area contributed by atoms with Crippen molar-refractivity contribution in [2.45, 2.75) is 32.7 Å². The molecule has 0 spiro atoms. The van der Waals surface area contributed by atoms with Gasteiger partial charge in [-0.05, 0) is 44.9 Å². The van der Waals surface area contributed by atoms with Crippen molar-refractivity contribution in [1.82, 2.24) is 14.7 Å². The first kappa shape index (κ1) is 17.0. The second-order valence-electron chi connectivity index (χ2n) is 6.37. The smallest absolute Gasteiger partial charge is 0.238 e. The number of anilines is 1. The van der Waals surface area contributed by atoms with Crippen LogP contribution in [0.5, 0.6) is 0 Å². The summed E-state index contributed by atoms with van der Waals surface area (Å²) in [5.41, 5.74) is 3.73. The van der Waals surface area contributed by atoms with Gasteiger partial charge in [-0.25, -0.2) is 0 Å². The van der Waals surface area contributed by atoms with Gasteiger partial charge in [0.05, 0.1) is 23.6 Å². The third kappa shape index (κ3) is 3.32. The number of aromatic nitrogens is 2. The lowest BCUT2D eigenvalue weighted by Crippen LogP contribution is -2.33. The third-order valence-electron chi connectivity index (χ3n) is 4.75. The van der Waals surface area contributed by atoms with Crippen LogP contribution >= 0.6 is 11.6 Å². The summed E-state index contributed by atoms with van der Waals surface area (Å²) in [7, 11) is 1.88. The maximum atomic E-state index is 12.5. The molecule has 0 saturated carbocycles. The van der Waals surface area contributed by atoms with E-state index >= 15 is 0 Å². The van der Waals surface area contributed by atoms with Crippen LogP contribution in [-0.2, 0) is 11.8 Å². The molecule has 1 fully saturated rings. The topological polar surface area (TPSA) is 50.2 Å². The van der Waals surface area contributed by atoms with Crippen LogP contribution < -0.4 is 5.32 Å². The molecule has 128 valence electrons. The van der Waals surface area contributed by atoms with Crippen LogP contribution in [-0.4, -0.2) is 33.7 Å². The van der Waals surface area contributed by atoms with Crippen molar-refractivity contribution in [2.24, 2.45) is 7.05 Å². The zero-order valence-electron chi connectivity index (χ0n) is 14.3. The Morgan fingerprint density at radius 2 is 2.12 bits per heavy atom. The number of halogens is 1. The van der Waals surface area contributed by atoms with Gasteiger partial charge in [0.15, 0.2) is 0 Å². The van der Waals surface area contributed by atoms with Crippen LogP contribution in [0.1, 0.15) is 35.8 Å². The molecule has 6 heteroatoms. The second-order valence-corrected chi connectivity index (χ2v) is 6.77. The zero-order valence-corrected chi connectivity index (χ0v) is 15.1. The Morgan fingerprint density at radius 3 is 2.79 bits per heavy atom. The first-order chi connectivity index (χ1) is 11.5. The van der Waals surface area contributed by atoms with Crippen molar-refractivity contribution in [3.05, 3.63) is 46.2 Å². The number of nitrogens with zero attached hydrogens (tertiary/aromatic N) is 3. The molecule has 0 aliphatic carbocycles. The molecular weight excluding hydrogens is 324 g/mol. The van der Waals surface area contributed by atoms with E-state index in [4.69, 9.17) is 11.6 Å². The highest BCUT2D eigenvalue weighted by molar-refractivity contribution is 6.31. The van der Waals surface area contributed by atoms with Crippen LogP contribution in [0.4, 0.5) is 5.69 Å². The van der Waals surface area contributed by atoms with Crippen molar-refractivity contribution in [1.29, 1.82) is 0 Å². The lowest BCUT2D eigenvalue weighted by atomic mass is 10.0. The highest BCUT2D eigenvalue weighted by Gasteiger charge is 2.29. The molecule has 2 aromatic rings. The van der Waals surface area contributed by atoms with E-state index in [0.717, 1.165) is 47.0 Å². The summed E-state index contributed by atoms with van der Waals surface area (Å²) < 4.78 is 1.79. The number of nitrogens with one attached hydrogen (secondary N) is 1. The Labute approximate surface area is 147 Å². The molecule has 1 atom stereocenters. The number of likely N-dealkylation sites (tertiary alicyclic amines) is 1. The molecule has 3 rings (SSSR count). The van der Waals surface area contributed by atoms with Crippen molar-refractivity contribution < 1.29 is 4.79 Å². The molecule has 0 radical (unpaired) electrons. The predicted octanol–water partition coefficient (Wildman–Crippen LogP) is 3.47. The largest absolute Gasteiger partial charge is 0.322 e. The monoisotopic (exact) mass is 346 g/mol. The van der Waals surface area contributed by atoms with Gasteiger partial charge in [-0.2, -0.15) is 5.10 Å². The van der Waals surface area contributed by atoms with Gasteiger partial charge < -0.3 is 5.32 Å². The Balaban J connectivity index is 1.71. The fourth-order valence-electron chi connectivity index (χ4n) is 3.43. The molecule has 1 aliphatic rings. The molecule has 0 bridgehead atoms. The molecule has 24 heavy (non-hydrogen) atoms. The van der Waals surface area contributed by atoms with Gasteiger partial charge >= 0.3 is 0 Å². The van der Waals surface area contributed by atoms with Gasteiger partial charge in [-0.3, -0.25) is 14.4 Å². The van der Waals surface area contributed by atoms with Crippen molar-refractivity contribution in [2.75, 3.05) is 18.4 Å². The number of aryl methyl sites for hydroxylation is 2. The predicted molar refractivity (Wildman–Crippen MR) is 96.3 cm³/mol. The molecule has 1 aliphatic heterocycles. The maximum absolute atomic E-state index is 12.5. The minimum atomic E-state index is -0.00634. The molecule has 1 N–H and O–H groups in total. The van der Waals surface area contributed by atoms with E-state index in [1.165, 1.54) is 0 Å². The first-order valence-corrected chi connectivity index (χ1v) is 8.63. The molecule has 1 saturated heterocycles. The Kier molecular flexibility index (Phi) is 4.92. The average molecular weight is 347 g/mol. The lowest BCUT2D eigenvalue weighted by molar-refractivity contribution is -0.117. The van der Waals surface area contributed by atoms with Gasteiger partial charge in [0.1, 0.15) is 0 Å². The van der Waals surface area contributed by atoms with Crippen LogP contribution in [0.3, 0.4) is 0 Å². The van der Waals surface area contributed by atoms with Gasteiger partial charge in [0.25, 0.3) is 0 Å². The minimum Gasteiger partial charge on any atom is -0.322 e. The second kappa shape index (κ2) is 6.95. The zero-order chi connectivity index (χ0) is 17.3. The number of hydrogen-bond donors (Lipinski definition) is 1. The summed E-state index contributed by atoms with van der Waals surface area (Å²) in [4.78, 5) is 14.7. The number of hydrogen-bond acceptors (Lipinski definition) is 3. The lowest BCUT2D eigenvalue weighted by Gasteiger charge is -2.25. The fourth-order valence-corrected chi connectivity index (χ4v) is 3.69. The summed E-state index contributed by atoms with van der Waals surface area (Å²) in [6.45, 7) is 5.14. The van der Waals surface area contributed by atoms with Crippen LogP contribution in [0, 0.1) is 13.8 Å². The molecule has 1 unspecified atom stereocenters. The first-order valence-electron chi connectivity index (χ1n) is 8.26. The summed E-state index contributed by atoms with van der Waals surface area (Å²) >= 11 is 6.34. The number of benzene rings is 1. The maximum Gasteiger partial charge on any atom is 0.238 e. The Hall–Kier alpha value is -1.85. The van der Waals surface area contributed by atoms with E-state index in [0.29, 0.717) is 6.54 Å². The summed E-state index contributed by atoms with van der Waals surface area (Å²) in [5, 5.41) is 8.13. The van der Waals surface area contributed by atoms with Crippen LogP contribution in [0.2, 0.25) is 5.02 Å². The number of amides is 1. The average Bonchev–Trinajstić information content (AvgIpc) is 3.08. The molecule has 1 amide bonds. The number of carbonyl (C=O) groups excluding carboxylic acids is 1. The van der Waals surface area contributed by atoms with E-state index in [2.05, 4.69) is 21.4 Å². The summed E-state index contributed by atoms with van der Waals surface area (Å²) in [6, 6.07) is 8.11. The minimum absolute atomic E-state index is 0.00634. The third-order valence-corrected chi connectivity index (χ3v) is 5.09. The molecule has 1 aromatic heterocycles. The Morgan fingerprint density at radius 1 is 1.38 bits per heavy atom. The number of rotatable bonds is 4. The van der Waals surface area contributed by atoms with Crippen molar-refractivity contribution in [3.63, 3.8) is 0 Å².